The van der Waals surface area contributed by atoms with Gasteiger partial charge in [-0.15, -0.1) is 0 Å². The number of likely N-dealkylation sites (tertiary alicyclic amines) is 1. The van der Waals surface area contributed by atoms with Gasteiger partial charge in [0.05, 0.1) is 17.5 Å². The number of fused-ring (bicyclic) bond motifs is 1. The van der Waals surface area contributed by atoms with Gasteiger partial charge in [-0.3, -0.25) is 9.59 Å². The topological polar surface area (TPSA) is 40.6 Å². The minimum atomic E-state index is -4.43. The van der Waals surface area contributed by atoms with Gasteiger partial charge < -0.3 is 9.80 Å². The highest BCUT2D eigenvalue weighted by Gasteiger charge is 2.39. The van der Waals surface area contributed by atoms with Crippen LogP contribution in [0.1, 0.15) is 41.6 Å². The molecule has 30 heavy (non-hydrogen) atoms. The van der Waals surface area contributed by atoms with Gasteiger partial charge in [0.25, 0.3) is 0 Å². The third kappa shape index (κ3) is 3.93. The van der Waals surface area contributed by atoms with Crippen LogP contribution >= 0.6 is 0 Å². The average Bonchev–Trinajstić information content (AvgIpc) is 3.08. The van der Waals surface area contributed by atoms with Crippen molar-refractivity contribution < 1.29 is 22.8 Å². The van der Waals surface area contributed by atoms with E-state index in [1.807, 2.05) is 30.0 Å². The number of carbonyl (C=O) groups excluding carboxylic acids is 2. The van der Waals surface area contributed by atoms with Gasteiger partial charge in [0.2, 0.25) is 11.8 Å². The normalized spacial score (nSPS) is 21.7. The van der Waals surface area contributed by atoms with Crippen LogP contribution in [-0.2, 0) is 28.7 Å². The van der Waals surface area contributed by atoms with E-state index in [9.17, 15) is 22.8 Å². The lowest BCUT2D eigenvalue weighted by Crippen LogP contribution is -2.42. The second kappa shape index (κ2) is 7.78. The van der Waals surface area contributed by atoms with E-state index in [1.165, 1.54) is 16.5 Å². The first kappa shape index (κ1) is 20.4. The van der Waals surface area contributed by atoms with Crippen LogP contribution in [-0.4, -0.2) is 34.7 Å². The van der Waals surface area contributed by atoms with E-state index in [2.05, 4.69) is 6.07 Å². The van der Waals surface area contributed by atoms with Crippen molar-refractivity contribution in [3.05, 3.63) is 70.8 Å². The molecular formula is C23H23F3N2O2. The number of hydrogen-bond acceptors (Lipinski definition) is 2. The van der Waals surface area contributed by atoms with Gasteiger partial charge in [-0.05, 0) is 42.2 Å². The molecule has 0 aromatic heterocycles. The number of nitrogens with zero attached hydrogens (tertiary/aromatic N) is 2. The molecule has 2 heterocycles. The molecule has 0 aliphatic carbocycles. The van der Waals surface area contributed by atoms with Crippen molar-refractivity contribution >= 4 is 11.8 Å². The lowest BCUT2D eigenvalue weighted by Gasteiger charge is -2.36. The second-order valence-electron chi connectivity index (χ2n) is 8.03. The lowest BCUT2D eigenvalue weighted by molar-refractivity contribution is -0.138. The van der Waals surface area contributed by atoms with Crippen molar-refractivity contribution in [1.29, 1.82) is 0 Å². The van der Waals surface area contributed by atoms with Crippen LogP contribution in [0.15, 0.2) is 48.5 Å². The van der Waals surface area contributed by atoms with Gasteiger partial charge in [-0.2, -0.15) is 13.2 Å². The first-order valence-corrected chi connectivity index (χ1v) is 10.1. The number of amides is 2. The Morgan fingerprint density at radius 1 is 1.13 bits per heavy atom. The molecule has 2 aromatic carbocycles. The third-order valence-electron chi connectivity index (χ3n) is 6.07. The predicted molar refractivity (Wildman–Crippen MR) is 105 cm³/mol. The molecule has 2 atom stereocenters. The molecule has 2 aliphatic heterocycles. The Labute approximate surface area is 173 Å². The quantitative estimate of drug-likeness (QED) is 0.753. The Hall–Kier alpha value is -2.83. The number of carbonyl (C=O) groups is 2. The van der Waals surface area contributed by atoms with Crippen LogP contribution in [0.25, 0.3) is 0 Å². The molecular weight excluding hydrogens is 393 g/mol. The summed E-state index contributed by atoms with van der Waals surface area (Å²) in [5.74, 6) is -0.719. The van der Waals surface area contributed by atoms with Crippen molar-refractivity contribution in [2.24, 2.45) is 5.92 Å². The van der Waals surface area contributed by atoms with E-state index in [0.717, 1.165) is 24.1 Å². The highest BCUT2D eigenvalue weighted by atomic mass is 19.4. The second-order valence-corrected chi connectivity index (χ2v) is 8.03. The largest absolute Gasteiger partial charge is 0.416 e. The summed E-state index contributed by atoms with van der Waals surface area (Å²) in [7, 11) is 0. The van der Waals surface area contributed by atoms with Gasteiger partial charge in [0.1, 0.15) is 0 Å². The van der Waals surface area contributed by atoms with Gasteiger partial charge in [-0.1, -0.05) is 36.4 Å². The lowest BCUT2D eigenvalue weighted by atomic mass is 9.92. The Morgan fingerprint density at radius 2 is 1.90 bits per heavy atom. The van der Waals surface area contributed by atoms with E-state index in [1.54, 1.807) is 6.07 Å². The number of rotatable bonds is 3. The van der Waals surface area contributed by atoms with Crippen LogP contribution in [0.5, 0.6) is 0 Å². The Morgan fingerprint density at radius 3 is 2.67 bits per heavy atom. The maximum Gasteiger partial charge on any atom is 0.416 e. The molecule has 2 unspecified atom stereocenters. The summed E-state index contributed by atoms with van der Waals surface area (Å²) < 4.78 is 38.8. The van der Waals surface area contributed by atoms with Gasteiger partial charge in [0.15, 0.2) is 0 Å². The van der Waals surface area contributed by atoms with Gasteiger partial charge >= 0.3 is 6.18 Å². The molecule has 2 amide bonds. The molecule has 158 valence electrons. The van der Waals surface area contributed by atoms with Crippen LogP contribution < -0.4 is 0 Å². The zero-order valence-electron chi connectivity index (χ0n) is 16.7. The minimum absolute atomic E-state index is 0.0584. The Bertz CT molecular complexity index is 973. The summed E-state index contributed by atoms with van der Waals surface area (Å²) in [6, 6.07) is 13.0. The first-order chi connectivity index (χ1) is 14.2. The number of alkyl halides is 3. The fraction of sp³-hybridized carbons (Fsp3) is 0.391. The highest BCUT2D eigenvalue weighted by Crippen LogP contribution is 2.33. The number of hydrogen-bond donors (Lipinski definition) is 0. The summed E-state index contributed by atoms with van der Waals surface area (Å²) in [6.07, 6.45) is -3.55. The van der Waals surface area contributed by atoms with Crippen LogP contribution in [0.2, 0.25) is 0 Å². The fourth-order valence-electron chi connectivity index (χ4n) is 4.46. The van der Waals surface area contributed by atoms with E-state index in [4.69, 9.17) is 0 Å². The van der Waals surface area contributed by atoms with Crippen molar-refractivity contribution in [2.45, 2.75) is 38.5 Å². The predicted octanol–water partition coefficient (Wildman–Crippen LogP) is 4.20. The molecule has 7 heteroatoms. The first-order valence-electron chi connectivity index (χ1n) is 10.1. The minimum Gasteiger partial charge on any atom is -0.338 e. The van der Waals surface area contributed by atoms with Crippen molar-refractivity contribution in [2.75, 3.05) is 13.1 Å². The maximum atomic E-state index is 13.1. The molecule has 1 saturated heterocycles. The van der Waals surface area contributed by atoms with E-state index in [-0.39, 0.29) is 37.4 Å². The van der Waals surface area contributed by atoms with Crippen LogP contribution in [0.4, 0.5) is 13.2 Å². The maximum absolute atomic E-state index is 13.1. The van der Waals surface area contributed by atoms with Crippen LogP contribution in [0.3, 0.4) is 0 Å². The molecule has 4 rings (SSSR count). The van der Waals surface area contributed by atoms with Gasteiger partial charge in [0, 0.05) is 26.1 Å². The molecule has 0 radical (unpaired) electrons. The average molecular weight is 416 g/mol. The van der Waals surface area contributed by atoms with Crippen molar-refractivity contribution in [3.63, 3.8) is 0 Å². The molecule has 4 nitrogen and oxygen atoms in total. The molecule has 0 saturated carbocycles. The van der Waals surface area contributed by atoms with E-state index < -0.39 is 17.7 Å². The molecule has 2 aromatic rings. The number of benzene rings is 2. The highest BCUT2D eigenvalue weighted by molar-refractivity contribution is 5.89. The monoisotopic (exact) mass is 416 g/mol. The zero-order valence-corrected chi connectivity index (χ0v) is 16.7. The van der Waals surface area contributed by atoms with Crippen LogP contribution in [0, 0.1) is 5.92 Å². The molecule has 0 bridgehead atoms. The Balaban J connectivity index is 1.44. The third-order valence-corrected chi connectivity index (χ3v) is 6.07. The summed E-state index contributed by atoms with van der Waals surface area (Å²) in [5, 5.41) is 0. The summed E-state index contributed by atoms with van der Waals surface area (Å²) in [5.41, 5.74) is 2.04. The standard InChI is InChI=1S/C23H23F3N2O2/c1-15-20-8-3-2-6-17(20)9-10-28(15)22(30)18-12-21(29)27(14-18)13-16-5-4-7-19(11-16)23(24,25)26/h2-8,11,15,18H,9-10,12-14H2,1H3. The molecule has 0 spiro atoms. The number of halogens is 3. The molecule has 2 aliphatic rings. The molecule has 1 fully saturated rings. The zero-order chi connectivity index (χ0) is 21.5. The van der Waals surface area contributed by atoms with Crippen molar-refractivity contribution in [1.82, 2.24) is 9.80 Å². The SMILES string of the molecule is CC1c2ccccc2CCN1C(=O)C1CC(=O)N(Cc2cccc(C(F)(F)F)c2)C1. The fourth-order valence-corrected chi connectivity index (χ4v) is 4.46. The Kier molecular flexibility index (Phi) is 5.30. The van der Waals surface area contributed by atoms with E-state index >= 15 is 0 Å². The molecule has 0 N–H and O–H groups in total. The summed E-state index contributed by atoms with van der Waals surface area (Å²) in [4.78, 5) is 28.9. The van der Waals surface area contributed by atoms with E-state index in [0.29, 0.717) is 12.1 Å². The van der Waals surface area contributed by atoms with Crippen molar-refractivity contribution in [3.8, 4) is 0 Å². The summed E-state index contributed by atoms with van der Waals surface area (Å²) in [6.45, 7) is 2.91. The smallest absolute Gasteiger partial charge is 0.338 e. The summed E-state index contributed by atoms with van der Waals surface area (Å²) >= 11 is 0. The van der Waals surface area contributed by atoms with Gasteiger partial charge in [-0.25, -0.2) is 0 Å².